The highest BCUT2D eigenvalue weighted by Crippen LogP contribution is 2.29. The van der Waals surface area contributed by atoms with Crippen LogP contribution < -0.4 is 0 Å². The average Bonchev–Trinajstić information content (AvgIpc) is 2.98. The maximum Gasteiger partial charge on any atom is 0.274 e. The number of H-pyrrole nitrogens is 1. The van der Waals surface area contributed by atoms with E-state index in [1.807, 2.05) is 6.07 Å². The lowest BCUT2D eigenvalue weighted by molar-refractivity contribution is 0.424. The summed E-state index contributed by atoms with van der Waals surface area (Å²) in [6.45, 7) is 1.76. The van der Waals surface area contributed by atoms with Crippen molar-refractivity contribution in [2.75, 3.05) is 0 Å². The first-order chi connectivity index (χ1) is 8.74. The zero-order chi connectivity index (χ0) is 12.5. The van der Waals surface area contributed by atoms with Crippen LogP contribution in [0.3, 0.4) is 0 Å². The molecule has 2 aromatic heterocycles. The molecule has 0 saturated heterocycles. The molecular weight excluding hydrogens is 269 g/mol. The van der Waals surface area contributed by atoms with E-state index in [1.54, 1.807) is 25.3 Å². The van der Waals surface area contributed by atoms with E-state index in [9.17, 15) is 4.39 Å². The first-order valence-electron chi connectivity index (χ1n) is 5.48. The molecule has 2 heterocycles. The molecule has 19 heavy (non-hydrogen) atoms. The summed E-state index contributed by atoms with van der Waals surface area (Å²) in [6.07, 6.45) is 1.79. The molecule has 1 N–H and O–H groups in total. The quantitative estimate of drug-likeness (QED) is 0.780. The minimum Gasteiger partial charge on any atom is -0.357 e. The van der Waals surface area contributed by atoms with Gasteiger partial charge in [0.15, 0.2) is 5.82 Å². The van der Waals surface area contributed by atoms with Gasteiger partial charge in [0.25, 0.3) is 5.89 Å². The van der Waals surface area contributed by atoms with Crippen molar-refractivity contribution < 1.29 is 8.91 Å². The van der Waals surface area contributed by atoms with Crippen molar-refractivity contribution in [3.63, 3.8) is 0 Å². The van der Waals surface area contributed by atoms with E-state index < -0.39 is 0 Å². The lowest BCUT2D eigenvalue weighted by Crippen LogP contribution is -1.83. The first kappa shape index (κ1) is 13.3. The molecule has 0 amide bonds. The van der Waals surface area contributed by atoms with E-state index in [2.05, 4.69) is 15.1 Å². The van der Waals surface area contributed by atoms with Crippen molar-refractivity contribution in [1.29, 1.82) is 0 Å². The molecule has 0 aliphatic heterocycles. The van der Waals surface area contributed by atoms with Crippen molar-refractivity contribution in [2.45, 2.75) is 6.92 Å². The van der Waals surface area contributed by atoms with Crippen LogP contribution in [0.4, 0.5) is 4.39 Å². The van der Waals surface area contributed by atoms with Gasteiger partial charge < -0.3 is 9.51 Å². The van der Waals surface area contributed by atoms with Crippen LogP contribution in [0.15, 0.2) is 41.1 Å². The molecule has 3 rings (SSSR count). The van der Waals surface area contributed by atoms with E-state index >= 15 is 0 Å². The number of rotatable bonds is 2. The molecule has 6 heteroatoms. The van der Waals surface area contributed by atoms with Crippen LogP contribution in [0.5, 0.6) is 0 Å². The van der Waals surface area contributed by atoms with Gasteiger partial charge in [0.05, 0.1) is 0 Å². The molecule has 0 saturated carbocycles. The maximum absolute atomic E-state index is 12.9. The summed E-state index contributed by atoms with van der Waals surface area (Å²) in [6, 6.07) is 8.16. The SMILES string of the molecule is Cc1noc(-c2[nH]ccc2-c2ccc(F)cc2)n1.Cl. The first-order valence-corrected chi connectivity index (χ1v) is 5.48. The van der Waals surface area contributed by atoms with Crippen LogP contribution in [-0.4, -0.2) is 15.1 Å². The van der Waals surface area contributed by atoms with Gasteiger partial charge in [-0.1, -0.05) is 17.3 Å². The smallest absolute Gasteiger partial charge is 0.274 e. The van der Waals surface area contributed by atoms with Crippen LogP contribution in [-0.2, 0) is 0 Å². The summed E-state index contributed by atoms with van der Waals surface area (Å²) in [5.74, 6) is 0.742. The number of halogens is 2. The lowest BCUT2D eigenvalue weighted by Gasteiger charge is -2.00. The summed E-state index contributed by atoms with van der Waals surface area (Å²) in [4.78, 5) is 7.23. The van der Waals surface area contributed by atoms with Crippen LogP contribution in [0, 0.1) is 12.7 Å². The number of nitrogens with zero attached hydrogens (tertiary/aromatic N) is 2. The molecule has 0 fully saturated rings. The molecule has 0 aliphatic carbocycles. The Morgan fingerprint density at radius 1 is 1.16 bits per heavy atom. The minimum atomic E-state index is -0.260. The Hall–Kier alpha value is -2.14. The molecule has 0 radical (unpaired) electrons. The predicted molar refractivity (Wildman–Crippen MR) is 71.5 cm³/mol. The number of benzene rings is 1. The van der Waals surface area contributed by atoms with Crippen molar-refractivity contribution in [3.8, 4) is 22.7 Å². The minimum absolute atomic E-state index is 0. The molecule has 0 bridgehead atoms. The number of aryl methyl sites for hydroxylation is 1. The van der Waals surface area contributed by atoms with Gasteiger partial charge in [0.1, 0.15) is 11.5 Å². The largest absolute Gasteiger partial charge is 0.357 e. The van der Waals surface area contributed by atoms with Gasteiger partial charge in [-0.25, -0.2) is 4.39 Å². The molecule has 0 atom stereocenters. The zero-order valence-electron chi connectivity index (χ0n) is 10.1. The molecule has 0 spiro atoms. The van der Waals surface area contributed by atoms with Crippen LogP contribution in [0.1, 0.15) is 5.82 Å². The number of nitrogens with one attached hydrogen (secondary N) is 1. The van der Waals surface area contributed by atoms with Gasteiger partial charge in [0.2, 0.25) is 0 Å². The van der Waals surface area contributed by atoms with E-state index in [0.29, 0.717) is 11.7 Å². The Morgan fingerprint density at radius 2 is 1.89 bits per heavy atom. The second kappa shape index (κ2) is 5.24. The van der Waals surface area contributed by atoms with Gasteiger partial charge in [-0.2, -0.15) is 4.98 Å². The van der Waals surface area contributed by atoms with Gasteiger partial charge >= 0.3 is 0 Å². The van der Waals surface area contributed by atoms with Gasteiger partial charge in [-0.05, 0) is 30.7 Å². The van der Waals surface area contributed by atoms with E-state index in [4.69, 9.17) is 4.52 Å². The predicted octanol–water partition coefficient (Wildman–Crippen LogP) is 3.60. The summed E-state index contributed by atoms with van der Waals surface area (Å²) in [7, 11) is 0. The van der Waals surface area contributed by atoms with Gasteiger partial charge in [-0.15, -0.1) is 12.4 Å². The highest BCUT2D eigenvalue weighted by Gasteiger charge is 2.14. The summed E-state index contributed by atoms with van der Waals surface area (Å²) in [5.41, 5.74) is 2.53. The normalized spacial score (nSPS) is 10.2. The number of aromatic nitrogens is 3. The molecule has 3 aromatic rings. The molecular formula is C13H11ClFN3O. The second-order valence-electron chi connectivity index (χ2n) is 3.92. The monoisotopic (exact) mass is 279 g/mol. The molecule has 0 unspecified atom stereocenters. The summed E-state index contributed by atoms with van der Waals surface area (Å²) < 4.78 is 18.0. The average molecular weight is 280 g/mol. The van der Waals surface area contributed by atoms with Crippen LogP contribution in [0.2, 0.25) is 0 Å². The summed E-state index contributed by atoms with van der Waals surface area (Å²) >= 11 is 0. The van der Waals surface area contributed by atoms with Gasteiger partial charge in [-0.3, -0.25) is 0 Å². The maximum atomic E-state index is 12.9. The molecule has 98 valence electrons. The highest BCUT2D eigenvalue weighted by molar-refractivity contribution is 5.85. The van der Waals surface area contributed by atoms with Crippen molar-refractivity contribution in [3.05, 3.63) is 48.2 Å². The van der Waals surface area contributed by atoms with Crippen LogP contribution >= 0.6 is 12.4 Å². The standard InChI is InChI=1S/C13H10FN3O.ClH/c1-8-16-13(18-17-8)12-11(6-7-15-12)9-2-4-10(14)5-3-9;/h2-7,15H,1H3;1H. The zero-order valence-corrected chi connectivity index (χ0v) is 10.9. The Labute approximate surface area is 115 Å². The Morgan fingerprint density at radius 3 is 2.53 bits per heavy atom. The van der Waals surface area contributed by atoms with E-state index in [-0.39, 0.29) is 18.2 Å². The van der Waals surface area contributed by atoms with Gasteiger partial charge in [0, 0.05) is 11.8 Å². The third-order valence-electron chi connectivity index (χ3n) is 2.64. The van der Waals surface area contributed by atoms with Crippen molar-refractivity contribution >= 4 is 12.4 Å². The number of aromatic amines is 1. The Balaban J connectivity index is 0.00000133. The van der Waals surface area contributed by atoms with Crippen molar-refractivity contribution in [2.24, 2.45) is 0 Å². The third-order valence-corrected chi connectivity index (χ3v) is 2.64. The third kappa shape index (κ3) is 2.51. The molecule has 1 aromatic carbocycles. The fourth-order valence-electron chi connectivity index (χ4n) is 1.81. The molecule has 0 aliphatic rings. The fourth-order valence-corrected chi connectivity index (χ4v) is 1.81. The summed E-state index contributed by atoms with van der Waals surface area (Å²) in [5, 5.41) is 3.76. The fraction of sp³-hybridized carbons (Fsp3) is 0.0769. The lowest BCUT2D eigenvalue weighted by atomic mass is 10.1. The van der Waals surface area contributed by atoms with Crippen molar-refractivity contribution in [1.82, 2.24) is 15.1 Å². The topological polar surface area (TPSA) is 54.7 Å². The van der Waals surface area contributed by atoms with Crippen LogP contribution in [0.25, 0.3) is 22.7 Å². The second-order valence-corrected chi connectivity index (χ2v) is 3.92. The Bertz CT molecular complexity index is 675. The molecule has 4 nitrogen and oxygen atoms in total. The highest BCUT2D eigenvalue weighted by atomic mass is 35.5. The Kier molecular flexibility index (Phi) is 3.66. The number of hydrogen-bond acceptors (Lipinski definition) is 3. The van der Waals surface area contributed by atoms with E-state index in [1.165, 1.54) is 12.1 Å². The van der Waals surface area contributed by atoms with E-state index in [0.717, 1.165) is 16.8 Å². The number of hydrogen-bond donors (Lipinski definition) is 1.